The minimum absolute atomic E-state index is 0.0680. The van der Waals surface area contributed by atoms with Crippen molar-refractivity contribution < 1.29 is 27.5 Å². The monoisotopic (exact) mass is 402 g/mol. The standard InChI is InChI=1S/C23H21F3O3/c1-22(2,3)29-21(28)12-10-17(13-16-7-5-4-6-8-16)20-14-19(23(24,25)26)11-9-18(20)15-27/h4-15H,1-3H3/b12-10+,17-13-. The maximum atomic E-state index is 13.2. The molecule has 0 aliphatic rings. The zero-order valence-electron chi connectivity index (χ0n) is 16.3. The van der Waals surface area contributed by atoms with Gasteiger partial charge < -0.3 is 4.74 Å². The van der Waals surface area contributed by atoms with Crippen molar-refractivity contribution in [1.29, 1.82) is 0 Å². The molecule has 2 aromatic rings. The molecule has 0 heterocycles. The van der Waals surface area contributed by atoms with Crippen LogP contribution in [-0.2, 0) is 15.7 Å². The van der Waals surface area contributed by atoms with Crippen LogP contribution in [0.4, 0.5) is 13.2 Å². The molecule has 0 aromatic heterocycles. The smallest absolute Gasteiger partial charge is 0.416 e. The van der Waals surface area contributed by atoms with Gasteiger partial charge in [0.25, 0.3) is 0 Å². The van der Waals surface area contributed by atoms with Crippen LogP contribution < -0.4 is 0 Å². The third-order valence-electron chi connectivity index (χ3n) is 3.75. The van der Waals surface area contributed by atoms with Gasteiger partial charge in [-0.15, -0.1) is 0 Å². The third-order valence-corrected chi connectivity index (χ3v) is 3.75. The van der Waals surface area contributed by atoms with Gasteiger partial charge in [-0.25, -0.2) is 4.79 Å². The summed E-state index contributed by atoms with van der Waals surface area (Å²) in [4.78, 5) is 23.5. The van der Waals surface area contributed by atoms with Crippen molar-refractivity contribution in [3.05, 3.63) is 82.9 Å². The van der Waals surface area contributed by atoms with Gasteiger partial charge in [0.1, 0.15) is 5.60 Å². The van der Waals surface area contributed by atoms with E-state index < -0.39 is 23.3 Å². The number of alkyl halides is 3. The van der Waals surface area contributed by atoms with Crippen LogP contribution in [0.2, 0.25) is 0 Å². The molecule has 152 valence electrons. The lowest BCUT2D eigenvalue weighted by molar-refractivity contribution is -0.148. The van der Waals surface area contributed by atoms with E-state index in [2.05, 4.69) is 0 Å². The van der Waals surface area contributed by atoms with Crippen LogP contribution in [0, 0.1) is 0 Å². The molecule has 0 fully saturated rings. The fraction of sp³-hybridized carbons (Fsp3) is 0.217. The number of ether oxygens (including phenoxy) is 1. The molecule has 0 N–H and O–H groups in total. The fourth-order valence-electron chi connectivity index (χ4n) is 2.52. The first-order chi connectivity index (χ1) is 13.5. The zero-order valence-corrected chi connectivity index (χ0v) is 16.3. The first-order valence-corrected chi connectivity index (χ1v) is 8.84. The summed E-state index contributed by atoms with van der Waals surface area (Å²) in [5, 5.41) is 0. The summed E-state index contributed by atoms with van der Waals surface area (Å²) in [7, 11) is 0. The molecular weight excluding hydrogens is 381 g/mol. The van der Waals surface area contributed by atoms with Crippen LogP contribution in [0.3, 0.4) is 0 Å². The molecule has 29 heavy (non-hydrogen) atoms. The Labute approximate surface area is 167 Å². The van der Waals surface area contributed by atoms with E-state index in [1.807, 2.05) is 0 Å². The van der Waals surface area contributed by atoms with Crippen molar-refractivity contribution >= 4 is 23.9 Å². The maximum absolute atomic E-state index is 13.2. The summed E-state index contributed by atoms with van der Waals surface area (Å²) < 4.78 is 44.8. The van der Waals surface area contributed by atoms with Crippen molar-refractivity contribution in [3.63, 3.8) is 0 Å². The largest absolute Gasteiger partial charge is 0.457 e. The summed E-state index contributed by atoms with van der Waals surface area (Å²) in [5.74, 6) is -0.643. The molecule has 0 saturated heterocycles. The quantitative estimate of drug-likeness (QED) is 0.204. The highest BCUT2D eigenvalue weighted by atomic mass is 19.4. The number of halogens is 3. The SMILES string of the molecule is CC(C)(C)OC(=O)/C=C/C(=C/c1ccccc1)c1cc(C(F)(F)F)ccc1C=O. The van der Waals surface area contributed by atoms with E-state index in [9.17, 15) is 22.8 Å². The number of hydrogen-bond donors (Lipinski definition) is 0. The minimum Gasteiger partial charge on any atom is -0.457 e. The molecule has 0 aliphatic carbocycles. The van der Waals surface area contributed by atoms with Crippen molar-refractivity contribution in [1.82, 2.24) is 0 Å². The van der Waals surface area contributed by atoms with Crippen molar-refractivity contribution in [2.75, 3.05) is 0 Å². The van der Waals surface area contributed by atoms with E-state index in [0.29, 0.717) is 11.8 Å². The summed E-state index contributed by atoms with van der Waals surface area (Å²) in [6.45, 7) is 5.12. The molecule has 2 aromatic carbocycles. The molecule has 0 atom stereocenters. The number of esters is 1. The average molecular weight is 402 g/mol. The third kappa shape index (κ3) is 6.75. The molecule has 0 unspecified atom stereocenters. The predicted molar refractivity (Wildman–Crippen MR) is 106 cm³/mol. The lowest BCUT2D eigenvalue weighted by Crippen LogP contribution is -2.22. The van der Waals surface area contributed by atoms with Gasteiger partial charge in [0.2, 0.25) is 0 Å². The van der Waals surface area contributed by atoms with Gasteiger partial charge in [-0.1, -0.05) is 36.4 Å². The first-order valence-electron chi connectivity index (χ1n) is 8.84. The summed E-state index contributed by atoms with van der Waals surface area (Å²) in [6, 6.07) is 11.7. The second-order valence-corrected chi connectivity index (χ2v) is 7.29. The number of carbonyl (C=O) groups is 2. The van der Waals surface area contributed by atoms with Gasteiger partial charge >= 0.3 is 12.1 Å². The number of allylic oxidation sites excluding steroid dienone is 2. The van der Waals surface area contributed by atoms with E-state index in [0.717, 1.165) is 24.3 Å². The number of carbonyl (C=O) groups excluding carboxylic acids is 2. The van der Waals surface area contributed by atoms with Crippen LogP contribution in [-0.4, -0.2) is 17.9 Å². The van der Waals surface area contributed by atoms with Gasteiger partial charge in [0.15, 0.2) is 6.29 Å². The second kappa shape index (κ2) is 8.90. The zero-order chi connectivity index (χ0) is 21.7. The van der Waals surface area contributed by atoms with E-state index in [1.54, 1.807) is 57.2 Å². The molecule has 0 radical (unpaired) electrons. The number of hydrogen-bond acceptors (Lipinski definition) is 3. The Hall–Kier alpha value is -3.15. The van der Waals surface area contributed by atoms with E-state index >= 15 is 0 Å². The van der Waals surface area contributed by atoms with Crippen LogP contribution in [0.15, 0.2) is 60.7 Å². The Kier molecular flexibility index (Phi) is 6.80. The highest BCUT2D eigenvalue weighted by Gasteiger charge is 2.31. The highest BCUT2D eigenvalue weighted by Crippen LogP contribution is 2.33. The summed E-state index contributed by atoms with van der Waals surface area (Å²) in [5.41, 5.74) is -0.481. The van der Waals surface area contributed by atoms with Gasteiger partial charge in [-0.3, -0.25) is 4.79 Å². The molecule has 2 rings (SSSR count). The average Bonchev–Trinajstić information content (AvgIpc) is 2.63. The lowest BCUT2D eigenvalue weighted by Gasteiger charge is -2.18. The summed E-state index contributed by atoms with van der Waals surface area (Å²) in [6.07, 6.45) is 0.000320. The molecule has 0 saturated carbocycles. The maximum Gasteiger partial charge on any atom is 0.416 e. The van der Waals surface area contributed by atoms with E-state index in [4.69, 9.17) is 4.74 Å². The molecule has 6 heteroatoms. The first kappa shape index (κ1) is 22.1. The Balaban J connectivity index is 2.58. The van der Waals surface area contributed by atoms with Crippen LogP contribution in [0.1, 0.15) is 47.8 Å². The van der Waals surface area contributed by atoms with E-state index in [1.165, 1.54) is 6.08 Å². The topological polar surface area (TPSA) is 43.4 Å². The molecule has 0 aliphatic heterocycles. The van der Waals surface area contributed by atoms with Gasteiger partial charge in [0, 0.05) is 11.6 Å². The second-order valence-electron chi connectivity index (χ2n) is 7.29. The van der Waals surface area contributed by atoms with E-state index in [-0.39, 0.29) is 16.7 Å². The van der Waals surface area contributed by atoms with Crippen molar-refractivity contribution in [2.24, 2.45) is 0 Å². The van der Waals surface area contributed by atoms with Crippen molar-refractivity contribution in [3.8, 4) is 0 Å². The van der Waals surface area contributed by atoms with Gasteiger partial charge in [0.05, 0.1) is 5.56 Å². The molecular formula is C23H21F3O3. The predicted octanol–water partition coefficient (Wildman–Crippen LogP) is 5.96. The molecule has 0 amide bonds. The highest BCUT2D eigenvalue weighted by molar-refractivity contribution is 5.97. The Bertz CT molecular complexity index is 934. The minimum atomic E-state index is -4.57. The number of benzene rings is 2. The van der Waals surface area contributed by atoms with Crippen molar-refractivity contribution in [2.45, 2.75) is 32.5 Å². The van der Waals surface area contributed by atoms with Crippen LogP contribution in [0.5, 0.6) is 0 Å². The number of rotatable bonds is 5. The molecule has 0 bridgehead atoms. The summed E-state index contributed by atoms with van der Waals surface area (Å²) >= 11 is 0. The van der Waals surface area contributed by atoms with Gasteiger partial charge in [-0.2, -0.15) is 13.2 Å². The number of aldehydes is 1. The Morgan fingerprint density at radius 1 is 0.966 bits per heavy atom. The molecule has 3 nitrogen and oxygen atoms in total. The normalized spacial score (nSPS) is 12.8. The Morgan fingerprint density at radius 3 is 2.17 bits per heavy atom. The lowest BCUT2D eigenvalue weighted by atomic mass is 9.95. The molecule has 0 spiro atoms. The van der Waals surface area contributed by atoms with Crippen LogP contribution in [0.25, 0.3) is 11.6 Å². The van der Waals surface area contributed by atoms with Gasteiger partial charge in [-0.05, 0) is 61.8 Å². The Morgan fingerprint density at radius 2 is 1.62 bits per heavy atom. The van der Waals surface area contributed by atoms with Crippen LogP contribution >= 0.6 is 0 Å². The fourth-order valence-corrected chi connectivity index (χ4v) is 2.52.